The van der Waals surface area contributed by atoms with Crippen LogP contribution in [-0.4, -0.2) is 27.1 Å². The fourth-order valence-corrected chi connectivity index (χ4v) is 2.64. The van der Waals surface area contributed by atoms with E-state index < -0.39 is 0 Å². The first-order valence-corrected chi connectivity index (χ1v) is 6.98. The van der Waals surface area contributed by atoms with Gasteiger partial charge in [0.25, 0.3) is 5.69 Å². The smallest absolute Gasteiger partial charge is 0.256 e. The van der Waals surface area contributed by atoms with Crippen molar-refractivity contribution >= 4 is 11.5 Å². The summed E-state index contributed by atoms with van der Waals surface area (Å²) < 4.78 is 6.97. The zero-order valence-electron chi connectivity index (χ0n) is 13.1. The van der Waals surface area contributed by atoms with Gasteiger partial charge in [-0.3, -0.25) is 5.10 Å². The first kappa shape index (κ1) is 14.7. The first-order valence-electron chi connectivity index (χ1n) is 6.98. The lowest BCUT2D eigenvalue weighted by Gasteiger charge is -2.14. The number of nitrogens with one attached hydrogen (secondary N) is 1. The standard InChI is InChI=1S/C16H16N6O/c1-9-5-6-12(23-4)10(2)15(9)22-16(17)14(18-3)13(21-22)11-7-8-19-20-11/h5-8H,17H2,1-2,4H3,(H,19,20). The van der Waals surface area contributed by atoms with Crippen molar-refractivity contribution in [3.05, 3.63) is 46.9 Å². The molecule has 23 heavy (non-hydrogen) atoms. The summed E-state index contributed by atoms with van der Waals surface area (Å²) in [5.41, 5.74) is 10.4. The maximum absolute atomic E-state index is 7.42. The van der Waals surface area contributed by atoms with Crippen molar-refractivity contribution in [2.24, 2.45) is 0 Å². The van der Waals surface area contributed by atoms with Crippen molar-refractivity contribution in [2.45, 2.75) is 13.8 Å². The van der Waals surface area contributed by atoms with Crippen molar-refractivity contribution < 1.29 is 4.74 Å². The molecule has 1 aromatic carbocycles. The van der Waals surface area contributed by atoms with Gasteiger partial charge >= 0.3 is 0 Å². The van der Waals surface area contributed by atoms with E-state index in [0.717, 1.165) is 22.6 Å². The summed E-state index contributed by atoms with van der Waals surface area (Å²) in [7, 11) is 1.62. The van der Waals surface area contributed by atoms with Gasteiger partial charge in [0.05, 0.1) is 25.1 Å². The summed E-state index contributed by atoms with van der Waals surface area (Å²) in [4.78, 5) is 3.54. The van der Waals surface area contributed by atoms with Crippen LogP contribution in [0.2, 0.25) is 0 Å². The molecule has 0 bridgehead atoms. The number of hydrogen-bond donors (Lipinski definition) is 2. The van der Waals surface area contributed by atoms with Crippen LogP contribution in [-0.2, 0) is 0 Å². The Bertz CT molecular complexity index is 902. The second-order valence-electron chi connectivity index (χ2n) is 5.13. The van der Waals surface area contributed by atoms with Crippen LogP contribution in [0, 0.1) is 20.4 Å². The zero-order chi connectivity index (χ0) is 16.6. The minimum atomic E-state index is 0.295. The molecular weight excluding hydrogens is 292 g/mol. The Kier molecular flexibility index (Phi) is 3.50. The number of ether oxygens (including phenoxy) is 1. The van der Waals surface area contributed by atoms with Gasteiger partial charge < -0.3 is 10.5 Å². The number of nitrogens with two attached hydrogens (primary N) is 1. The van der Waals surface area contributed by atoms with Gasteiger partial charge in [-0.25, -0.2) is 9.53 Å². The second kappa shape index (κ2) is 5.50. The van der Waals surface area contributed by atoms with E-state index >= 15 is 0 Å². The topological polar surface area (TPSA) is 86.1 Å². The molecule has 0 aliphatic carbocycles. The number of hydrogen-bond acceptors (Lipinski definition) is 4. The van der Waals surface area contributed by atoms with E-state index in [1.54, 1.807) is 24.1 Å². The Hall–Kier alpha value is -3.27. The molecule has 7 nitrogen and oxygen atoms in total. The molecule has 116 valence electrons. The van der Waals surface area contributed by atoms with Crippen LogP contribution >= 0.6 is 0 Å². The molecule has 0 radical (unpaired) electrons. The number of methoxy groups -OCH3 is 1. The predicted octanol–water partition coefficient (Wildman–Crippen LogP) is 3.02. The summed E-state index contributed by atoms with van der Waals surface area (Å²) >= 11 is 0. The number of H-pyrrole nitrogens is 1. The zero-order valence-corrected chi connectivity index (χ0v) is 13.1. The first-order chi connectivity index (χ1) is 11.1. The van der Waals surface area contributed by atoms with E-state index in [1.165, 1.54) is 0 Å². The van der Waals surface area contributed by atoms with Gasteiger partial charge in [-0.2, -0.15) is 10.2 Å². The molecule has 0 spiro atoms. The van der Waals surface area contributed by atoms with Gasteiger partial charge in [-0.1, -0.05) is 6.07 Å². The molecular formula is C16H16N6O. The lowest BCUT2D eigenvalue weighted by Crippen LogP contribution is -2.07. The van der Waals surface area contributed by atoms with E-state index in [-0.39, 0.29) is 0 Å². The Morgan fingerprint density at radius 1 is 1.30 bits per heavy atom. The van der Waals surface area contributed by atoms with E-state index in [9.17, 15) is 0 Å². The maximum Gasteiger partial charge on any atom is 0.256 e. The molecule has 3 aromatic rings. The van der Waals surface area contributed by atoms with E-state index in [4.69, 9.17) is 17.0 Å². The second-order valence-corrected chi connectivity index (χ2v) is 5.13. The van der Waals surface area contributed by atoms with E-state index in [1.807, 2.05) is 26.0 Å². The average Bonchev–Trinajstić information content (AvgIpc) is 3.16. The summed E-state index contributed by atoms with van der Waals surface area (Å²) in [5, 5.41) is 11.3. The SMILES string of the molecule is [C-]#[N+]c1c(-c2ccn[nH]2)nn(-c2c(C)ccc(OC)c2C)c1N. The number of benzene rings is 1. The molecule has 0 aliphatic rings. The third kappa shape index (κ3) is 2.21. The maximum atomic E-state index is 7.42. The molecule has 3 rings (SSSR count). The van der Waals surface area contributed by atoms with E-state index in [2.05, 4.69) is 20.1 Å². The Morgan fingerprint density at radius 3 is 2.70 bits per heavy atom. The third-order valence-electron chi connectivity index (χ3n) is 3.78. The van der Waals surface area contributed by atoms with E-state index in [0.29, 0.717) is 22.9 Å². The van der Waals surface area contributed by atoms with Gasteiger partial charge in [0.15, 0.2) is 0 Å². The van der Waals surface area contributed by atoms with Crippen LogP contribution in [0.3, 0.4) is 0 Å². The van der Waals surface area contributed by atoms with Crippen LogP contribution in [0.5, 0.6) is 5.75 Å². The number of aryl methyl sites for hydroxylation is 1. The molecule has 2 heterocycles. The van der Waals surface area contributed by atoms with Crippen LogP contribution < -0.4 is 10.5 Å². The molecule has 0 aliphatic heterocycles. The minimum absolute atomic E-state index is 0.295. The molecule has 2 aromatic heterocycles. The minimum Gasteiger partial charge on any atom is -0.496 e. The van der Waals surface area contributed by atoms with Gasteiger partial charge in [0.2, 0.25) is 0 Å². The Balaban J connectivity index is 2.29. The van der Waals surface area contributed by atoms with Crippen LogP contribution in [0.25, 0.3) is 21.9 Å². The molecule has 0 unspecified atom stereocenters. The highest BCUT2D eigenvalue weighted by atomic mass is 16.5. The highest BCUT2D eigenvalue weighted by Crippen LogP contribution is 2.38. The van der Waals surface area contributed by atoms with Crippen molar-refractivity contribution in [1.82, 2.24) is 20.0 Å². The predicted molar refractivity (Wildman–Crippen MR) is 87.8 cm³/mol. The summed E-state index contributed by atoms with van der Waals surface area (Å²) in [6.07, 6.45) is 1.61. The monoisotopic (exact) mass is 308 g/mol. The highest BCUT2D eigenvalue weighted by molar-refractivity contribution is 5.83. The van der Waals surface area contributed by atoms with Crippen LogP contribution in [0.1, 0.15) is 11.1 Å². The number of aromatic nitrogens is 4. The molecule has 0 fully saturated rings. The molecule has 3 N–H and O–H groups in total. The van der Waals surface area contributed by atoms with Crippen LogP contribution in [0.4, 0.5) is 11.5 Å². The molecule has 0 atom stereocenters. The molecule has 0 amide bonds. The van der Waals surface area contributed by atoms with Crippen LogP contribution in [0.15, 0.2) is 24.4 Å². The number of nitrogens with zero attached hydrogens (tertiary/aromatic N) is 4. The number of nitrogen functional groups attached to an aromatic ring is 1. The van der Waals surface area contributed by atoms with Gasteiger partial charge in [-0.05, 0) is 31.5 Å². The third-order valence-corrected chi connectivity index (χ3v) is 3.78. The Labute approximate surface area is 133 Å². The fourth-order valence-electron chi connectivity index (χ4n) is 2.64. The lowest BCUT2D eigenvalue weighted by molar-refractivity contribution is 0.411. The molecule has 0 saturated carbocycles. The lowest BCUT2D eigenvalue weighted by atomic mass is 10.1. The fraction of sp³-hybridized carbons (Fsp3) is 0.188. The molecule has 0 saturated heterocycles. The van der Waals surface area contributed by atoms with Gasteiger partial charge in [0.1, 0.15) is 17.3 Å². The quantitative estimate of drug-likeness (QED) is 0.728. The number of rotatable bonds is 3. The highest BCUT2D eigenvalue weighted by Gasteiger charge is 2.22. The van der Waals surface area contributed by atoms with Crippen molar-refractivity contribution in [2.75, 3.05) is 12.8 Å². The van der Waals surface area contributed by atoms with Crippen molar-refractivity contribution in [3.8, 4) is 22.8 Å². The van der Waals surface area contributed by atoms with Crippen molar-refractivity contribution in [3.63, 3.8) is 0 Å². The Morgan fingerprint density at radius 2 is 2.09 bits per heavy atom. The van der Waals surface area contributed by atoms with Gasteiger partial charge in [0, 0.05) is 11.8 Å². The van der Waals surface area contributed by atoms with Gasteiger partial charge in [-0.15, -0.1) is 0 Å². The number of anilines is 1. The summed E-state index contributed by atoms with van der Waals surface area (Å²) in [5.74, 6) is 1.04. The average molecular weight is 308 g/mol. The van der Waals surface area contributed by atoms with Crippen molar-refractivity contribution in [1.29, 1.82) is 0 Å². The molecule has 7 heteroatoms. The normalized spacial score (nSPS) is 10.5. The summed E-state index contributed by atoms with van der Waals surface area (Å²) in [6, 6.07) is 5.60. The largest absolute Gasteiger partial charge is 0.496 e. The number of aromatic amines is 1. The summed E-state index contributed by atoms with van der Waals surface area (Å²) in [6.45, 7) is 11.3.